The van der Waals surface area contributed by atoms with Gasteiger partial charge >= 0.3 is 6.09 Å². The minimum Gasteiger partial charge on any atom is -0.465 e. The molecule has 1 aliphatic heterocycles. The Balaban J connectivity index is 1.65. The second-order valence-corrected chi connectivity index (χ2v) is 5.82. The molecule has 1 aliphatic carbocycles. The van der Waals surface area contributed by atoms with E-state index in [9.17, 15) is 4.79 Å². The Morgan fingerprint density at radius 2 is 2.05 bits per heavy atom. The Morgan fingerprint density at radius 1 is 1.35 bits per heavy atom. The Bertz CT molecular complexity index is 494. The molecule has 0 unspecified atom stereocenters. The third kappa shape index (κ3) is 2.71. The van der Waals surface area contributed by atoms with Crippen LogP contribution in [-0.4, -0.2) is 47.3 Å². The Hall–Kier alpha value is -1.78. The van der Waals surface area contributed by atoms with E-state index in [4.69, 9.17) is 5.11 Å². The van der Waals surface area contributed by atoms with E-state index < -0.39 is 6.09 Å². The summed E-state index contributed by atoms with van der Waals surface area (Å²) in [5.74, 6) is 0.664. The lowest BCUT2D eigenvalue weighted by Crippen LogP contribution is -2.45. The molecule has 2 aliphatic rings. The summed E-state index contributed by atoms with van der Waals surface area (Å²) in [6, 6.07) is 4.66. The van der Waals surface area contributed by atoms with Crippen LogP contribution in [-0.2, 0) is 0 Å². The molecule has 1 saturated heterocycles. The molecule has 1 amide bonds. The molecule has 3 rings (SSSR count). The van der Waals surface area contributed by atoms with Crippen molar-refractivity contribution in [2.75, 3.05) is 25.0 Å². The third-order valence-corrected chi connectivity index (χ3v) is 4.45. The lowest BCUT2D eigenvalue weighted by Gasteiger charge is -2.36. The standard InChI is InChI=1S/C15H21N3O2/c1-17(12-5-8-18(9-6-12)15(19)20)13-4-7-16-14(10-13)11-2-3-11/h4,7,10-12H,2-3,5-6,8-9H2,1H3,(H,19,20). The summed E-state index contributed by atoms with van der Waals surface area (Å²) < 4.78 is 0. The molecule has 2 heterocycles. The maximum Gasteiger partial charge on any atom is 0.407 e. The van der Waals surface area contributed by atoms with Gasteiger partial charge in [0, 0.05) is 49.7 Å². The van der Waals surface area contributed by atoms with Crippen molar-refractivity contribution in [3.63, 3.8) is 0 Å². The van der Waals surface area contributed by atoms with Crippen molar-refractivity contribution in [3.05, 3.63) is 24.0 Å². The van der Waals surface area contributed by atoms with Crippen LogP contribution >= 0.6 is 0 Å². The van der Waals surface area contributed by atoms with E-state index in [1.807, 2.05) is 6.20 Å². The number of piperidine rings is 1. The van der Waals surface area contributed by atoms with Gasteiger partial charge in [-0.25, -0.2) is 4.79 Å². The average molecular weight is 275 g/mol. The second-order valence-electron chi connectivity index (χ2n) is 5.82. The summed E-state index contributed by atoms with van der Waals surface area (Å²) >= 11 is 0. The number of amides is 1. The Kier molecular flexibility index (Phi) is 3.51. The average Bonchev–Trinajstić information content (AvgIpc) is 3.31. The highest BCUT2D eigenvalue weighted by atomic mass is 16.4. The van der Waals surface area contributed by atoms with Gasteiger partial charge in [0.05, 0.1) is 0 Å². The fourth-order valence-corrected chi connectivity index (χ4v) is 2.91. The number of anilines is 1. The van der Waals surface area contributed by atoms with Crippen LogP contribution in [0.3, 0.4) is 0 Å². The quantitative estimate of drug-likeness (QED) is 0.921. The Morgan fingerprint density at radius 3 is 2.65 bits per heavy atom. The molecule has 1 saturated carbocycles. The molecule has 1 aromatic rings. The van der Waals surface area contributed by atoms with Gasteiger partial charge in [-0.2, -0.15) is 0 Å². The Labute approximate surface area is 119 Å². The van der Waals surface area contributed by atoms with Crippen molar-refractivity contribution in [2.24, 2.45) is 0 Å². The van der Waals surface area contributed by atoms with Crippen LogP contribution in [0.5, 0.6) is 0 Å². The van der Waals surface area contributed by atoms with Crippen LogP contribution in [0.25, 0.3) is 0 Å². The molecule has 0 atom stereocenters. The lowest BCUT2D eigenvalue weighted by atomic mass is 10.0. The monoisotopic (exact) mass is 275 g/mol. The molecular formula is C15H21N3O2. The largest absolute Gasteiger partial charge is 0.465 e. The predicted molar refractivity (Wildman–Crippen MR) is 77.2 cm³/mol. The molecule has 5 nitrogen and oxygen atoms in total. The number of pyridine rings is 1. The zero-order valence-corrected chi connectivity index (χ0v) is 11.8. The molecule has 20 heavy (non-hydrogen) atoms. The molecule has 0 spiro atoms. The summed E-state index contributed by atoms with van der Waals surface area (Å²) in [4.78, 5) is 19.2. The van der Waals surface area contributed by atoms with Gasteiger partial charge in [-0.05, 0) is 37.8 Å². The molecule has 0 bridgehead atoms. The van der Waals surface area contributed by atoms with Crippen molar-refractivity contribution >= 4 is 11.8 Å². The van der Waals surface area contributed by atoms with Gasteiger partial charge in [0.1, 0.15) is 0 Å². The van der Waals surface area contributed by atoms with E-state index in [-0.39, 0.29) is 0 Å². The van der Waals surface area contributed by atoms with Gasteiger partial charge < -0.3 is 14.9 Å². The third-order valence-electron chi connectivity index (χ3n) is 4.45. The molecule has 108 valence electrons. The normalized spacial score (nSPS) is 19.9. The van der Waals surface area contributed by atoms with Gasteiger partial charge in [-0.1, -0.05) is 0 Å². The van der Waals surface area contributed by atoms with Gasteiger partial charge in [0.2, 0.25) is 0 Å². The van der Waals surface area contributed by atoms with Crippen LogP contribution in [0.1, 0.15) is 37.3 Å². The number of hydrogen-bond donors (Lipinski definition) is 1. The number of carbonyl (C=O) groups is 1. The van der Waals surface area contributed by atoms with Crippen molar-refractivity contribution in [1.82, 2.24) is 9.88 Å². The minimum absolute atomic E-state index is 0.417. The highest BCUT2D eigenvalue weighted by Gasteiger charge is 2.27. The van der Waals surface area contributed by atoms with Gasteiger partial charge in [0.25, 0.3) is 0 Å². The first-order valence-electron chi connectivity index (χ1n) is 7.32. The summed E-state index contributed by atoms with van der Waals surface area (Å²) in [5, 5.41) is 8.99. The van der Waals surface area contributed by atoms with Crippen molar-refractivity contribution in [2.45, 2.75) is 37.6 Å². The van der Waals surface area contributed by atoms with E-state index in [0.717, 1.165) is 12.8 Å². The van der Waals surface area contributed by atoms with Crippen LogP contribution in [0.4, 0.5) is 10.5 Å². The van der Waals surface area contributed by atoms with E-state index in [0.29, 0.717) is 25.0 Å². The van der Waals surface area contributed by atoms with Crippen molar-refractivity contribution in [1.29, 1.82) is 0 Å². The van der Waals surface area contributed by atoms with E-state index >= 15 is 0 Å². The fourth-order valence-electron chi connectivity index (χ4n) is 2.91. The number of aromatic nitrogens is 1. The van der Waals surface area contributed by atoms with Gasteiger partial charge in [-0.3, -0.25) is 4.98 Å². The van der Waals surface area contributed by atoms with Crippen LogP contribution < -0.4 is 4.90 Å². The van der Waals surface area contributed by atoms with Crippen LogP contribution in [0.2, 0.25) is 0 Å². The number of likely N-dealkylation sites (tertiary alicyclic amines) is 1. The maximum atomic E-state index is 10.9. The molecule has 0 aromatic carbocycles. The highest BCUT2D eigenvalue weighted by molar-refractivity contribution is 5.65. The van der Waals surface area contributed by atoms with E-state index in [1.54, 1.807) is 0 Å². The second kappa shape index (κ2) is 5.31. The molecule has 1 aromatic heterocycles. The van der Waals surface area contributed by atoms with Crippen molar-refractivity contribution in [3.8, 4) is 0 Å². The van der Waals surface area contributed by atoms with E-state index in [1.165, 1.54) is 29.1 Å². The summed E-state index contributed by atoms with van der Waals surface area (Å²) in [5.41, 5.74) is 2.41. The topological polar surface area (TPSA) is 56.7 Å². The number of carboxylic acid groups (broad SMARTS) is 1. The molecular weight excluding hydrogens is 254 g/mol. The number of rotatable bonds is 3. The summed E-state index contributed by atoms with van der Waals surface area (Å²) in [6.45, 7) is 1.26. The van der Waals surface area contributed by atoms with Crippen molar-refractivity contribution < 1.29 is 9.90 Å². The molecule has 0 radical (unpaired) electrons. The minimum atomic E-state index is -0.800. The van der Waals surface area contributed by atoms with Crippen LogP contribution in [0.15, 0.2) is 18.3 Å². The first-order valence-corrected chi connectivity index (χ1v) is 7.32. The molecule has 2 fully saturated rings. The zero-order valence-electron chi connectivity index (χ0n) is 11.8. The highest BCUT2D eigenvalue weighted by Crippen LogP contribution is 2.40. The molecule has 5 heteroatoms. The maximum absolute atomic E-state index is 10.9. The first kappa shape index (κ1) is 13.2. The smallest absolute Gasteiger partial charge is 0.407 e. The SMILES string of the molecule is CN(c1ccnc(C2CC2)c1)C1CCN(C(=O)O)CC1. The van der Waals surface area contributed by atoms with Gasteiger partial charge in [0.15, 0.2) is 0 Å². The summed E-state index contributed by atoms with van der Waals surface area (Å²) in [7, 11) is 2.10. The fraction of sp³-hybridized carbons (Fsp3) is 0.600. The molecule has 1 N–H and O–H groups in total. The number of hydrogen-bond acceptors (Lipinski definition) is 3. The first-order chi connectivity index (χ1) is 9.65. The summed E-state index contributed by atoms with van der Waals surface area (Å²) in [6.07, 6.45) is 5.40. The van der Waals surface area contributed by atoms with E-state index in [2.05, 4.69) is 29.1 Å². The van der Waals surface area contributed by atoms with Crippen LogP contribution in [0, 0.1) is 0 Å². The van der Waals surface area contributed by atoms with Gasteiger partial charge in [-0.15, -0.1) is 0 Å². The zero-order chi connectivity index (χ0) is 14.1. The predicted octanol–water partition coefficient (Wildman–Crippen LogP) is 2.54. The lowest BCUT2D eigenvalue weighted by molar-refractivity contribution is 0.132. The number of nitrogens with zero attached hydrogens (tertiary/aromatic N) is 3.